The first-order chi connectivity index (χ1) is 6.38. The molecule has 7 nitrogen and oxygen atoms in total. The monoisotopic (exact) mass is 180 g/mol. The van der Waals surface area contributed by atoms with Gasteiger partial charge in [-0.1, -0.05) is 10.4 Å². The lowest BCUT2D eigenvalue weighted by molar-refractivity contribution is 0.406. The van der Waals surface area contributed by atoms with Crippen molar-refractivity contribution in [3.63, 3.8) is 0 Å². The number of hydrogen-bond donors (Lipinski definition) is 1. The first kappa shape index (κ1) is 7.87. The lowest BCUT2D eigenvalue weighted by Crippen LogP contribution is -2.02. The van der Waals surface area contributed by atoms with E-state index in [2.05, 4.69) is 25.0 Å². The van der Waals surface area contributed by atoms with Crippen LogP contribution in [0.1, 0.15) is 11.5 Å². The van der Waals surface area contributed by atoms with Crippen molar-refractivity contribution in [3.05, 3.63) is 24.1 Å². The van der Waals surface area contributed by atoms with Gasteiger partial charge in [0.2, 0.25) is 6.39 Å². The number of nitrogens with zero attached hydrogens (tertiary/aromatic N) is 5. The molecular weight excluding hydrogens is 172 g/mol. The lowest BCUT2D eigenvalue weighted by Gasteiger charge is -1.91. The molecule has 0 saturated carbocycles. The Morgan fingerprint density at radius 3 is 3.08 bits per heavy atom. The van der Waals surface area contributed by atoms with Gasteiger partial charge < -0.3 is 10.3 Å². The van der Waals surface area contributed by atoms with Crippen LogP contribution in [0.3, 0.4) is 0 Å². The van der Waals surface area contributed by atoms with E-state index in [9.17, 15) is 0 Å². The van der Waals surface area contributed by atoms with Crippen LogP contribution in [0.25, 0.3) is 0 Å². The summed E-state index contributed by atoms with van der Waals surface area (Å²) in [6.45, 7) is 0.829. The zero-order chi connectivity index (χ0) is 9.10. The molecule has 2 N–H and O–H groups in total. The molecule has 7 heteroatoms. The highest BCUT2D eigenvalue weighted by molar-refractivity contribution is 4.92. The fraction of sp³-hybridized carbons (Fsp3) is 0.333. The van der Waals surface area contributed by atoms with Crippen molar-refractivity contribution in [3.8, 4) is 0 Å². The van der Waals surface area contributed by atoms with Crippen LogP contribution < -0.4 is 5.73 Å². The molecule has 0 fully saturated rings. The van der Waals surface area contributed by atoms with Gasteiger partial charge >= 0.3 is 0 Å². The normalized spacial score (nSPS) is 10.5. The number of rotatable bonds is 3. The average molecular weight is 180 g/mol. The van der Waals surface area contributed by atoms with Crippen LogP contribution in [0.15, 0.2) is 17.1 Å². The molecule has 68 valence electrons. The van der Waals surface area contributed by atoms with Gasteiger partial charge in [-0.2, -0.15) is 4.98 Å². The molecule has 2 aromatic rings. The molecule has 0 radical (unpaired) electrons. The highest BCUT2D eigenvalue weighted by atomic mass is 16.5. The molecule has 0 aromatic carbocycles. The number of hydrogen-bond acceptors (Lipinski definition) is 6. The Labute approximate surface area is 73.5 Å². The zero-order valence-electron chi connectivity index (χ0n) is 6.79. The van der Waals surface area contributed by atoms with E-state index in [1.807, 2.05) is 0 Å². The first-order valence-corrected chi connectivity index (χ1v) is 3.73. The van der Waals surface area contributed by atoms with E-state index in [-0.39, 0.29) is 0 Å². The molecule has 0 atom stereocenters. The third kappa shape index (κ3) is 1.70. The van der Waals surface area contributed by atoms with Gasteiger partial charge in [0.05, 0.1) is 11.9 Å². The van der Waals surface area contributed by atoms with Gasteiger partial charge in [-0.15, -0.1) is 5.10 Å². The Balaban J connectivity index is 2.10. The Kier molecular flexibility index (Phi) is 2.01. The summed E-state index contributed by atoms with van der Waals surface area (Å²) in [6, 6.07) is 0. The van der Waals surface area contributed by atoms with Gasteiger partial charge in [0, 0.05) is 6.54 Å². The van der Waals surface area contributed by atoms with Crippen LogP contribution in [0, 0.1) is 0 Å². The van der Waals surface area contributed by atoms with Crippen LogP contribution in [0.2, 0.25) is 0 Å². The minimum atomic E-state index is 0.381. The highest BCUT2D eigenvalue weighted by Crippen LogP contribution is 1.95. The molecule has 0 aliphatic rings. The lowest BCUT2D eigenvalue weighted by atomic mass is 10.5. The Morgan fingerprint density at radius 1 is 1.54 bits per heavy atom. The average Bonchev–Trinajstić information content (AvgIpc) is 2.76. The van der Waals surface area contributed by atoms with Gasteiger partial charge in [0.25, 0.3) is 0 Å². The third-order valence-electron chi connectivity index (χ3n) is 1.51. The van der Waals surface area contributed by atoms with Gasteiger partial charge in [-0.3, -0.25) is 0 Å². The van der Waals surface area contributed by atoms with Crippen LogP contribution in [0.5, 0.6) is 0 Å². The Morgan fingerprint density at radius 2 is 2.46 bits per heavy atom. The molecule has 2 rings (SSSR count). The molecule has 13 heavy (non-hydrogen) atoms. The molecule has 0 spiro atoms. The van der Waals surface area contributed by atoms with E-state index >= 15 is 0 Å². The van der Waals surface area contributed by atoms with Crippen molar-refractivity contribution in [2.75, 3.05) is 0 Å². The van der Waals surface area contributed by atoms with Gasteiger partial charge in [0.15, 0.2) is 5.82 Å². The molecule has 0 bridgehead atoms. The van der Waals surface area contributed by atoms with Crippen LogP contribution >= 0.6 is 0 Å². The molecule has 0 saturated heterocycles. The third-order valence-corrected chi connectivity index (χ3v) is 1.51. The van der Waals surface area contributed by atoms with Gasteiger partial charge in [-0.05, 0) is 0 Å². The summed E-state index contributed by atoms with van der Waals surface area (Å²) in [5.41, 5.74) is 6.11. The molecule has 0 amide bonds. The largest absolute Gasteiger partial charge is 0.343 e. The number of aromatic nitrogens is 5. The van der Waals surface area contributed by atoms with Crippen LogP contribution in [-0.2, 0) is 13.1 Å². The highest BCUT2D eigenvalue weighted by Gasteiger charge is 2.02. The van der Waals surface area contributed by atoms with Crippen molar-refractivity contribution in [2.24, 2.45) is 5.73 Å². The Hall–Kier alpha value is -1.76. The summed E-state index contributed by atoms with van der Waals surface area (Å²) in [4.78, 5) is 3.85. The van der Waals surface area contributed by atoms with Crippen molar-refractivity contribution in [2.45, 2.75) is 13.1 Å². The second kappa shape index (κ2) is 3.31. The maximum atomic E-state index is 5.37. The molecule has 0 aliphatic heterocycles. The summed E-state index contributed by atoms with van der Waals surface area (Å²) in [6.07, 6.45) is 3.02. The minimum absolute atomic E-state index is 0.381. The summed E-state index contributed by atoms with van der Waals surface area (Å²) in [7, 11) is 0. The molecule has 2 aromatic heterocycles. The fourth-order valence-electron chi connectivity index (χ4n) is 0.916. The second-order valence-corrected chi connectivity index (χ2v) is 2.46. The van der Waals surface area contributed by atoms with E-state index in [0.717, 1.165) is 5.69 Å². The summed E-state index contributed by atoms with van der Waals surface area (Å²) < 4.78 is 6.18. The first-order valence-electron chi connectivity index (χ1n) is 3.73. The fourth-order valence-corrected chi connectivity index (χ4v) is 0.916. The van der Waals surface area contributed by atoms with Gasteiger partial charge in [0.1, 0.15) is 6.54 Å². The summed E-state index contributed by atoms with van der Waals surface area (Å²) in [5, 5.41) is 11.3. The van der Waals surface area contributed by atoms with E-state index in [4.69, 9.17) is 5.73 Å². The molecule has 0 unspecified atom stereocenters. The van der Waals surface area contributed by atoms with Crippen molar-refractivity contribution in [1.82, 2.24) is 25.1 Å². The predicted octanol–water partition coefficient (Wildman–Crippen LogP) is -0.832. The molecular formula is C6H8N6O. The second-order valence-electron chi connectivity index (χ2n) is 2.46. The smallest absolute Gasteiger partial charge is 0.213 e. The summed E-state index contributed by atoms with van der Waals surface area (Å²) in [5.74, 6) is 0.563. The van der Waals surface area contributed by atoms with E-state index < -0.39 is 0 Å². The Bertz CT molecular complexity index is 366. The van der Waals surface area contributed by atoms with Crippen molar-refractivity contribution < 1.29 is 4.52 Å². The maximum Gasteiger partial charge on any atom is 0.213 e. The molecule has 0 aliphatic carbocycles. The van der Waals surface area contributed by atoms with Crippen LogP contribution in [-0.4, -0.2) is 25.1 Å². The van der Waals surface area contributed by atoms with E-state index in [1.165, 1.54) is 6.39 Å². The molecule has 2 heterocycles. The SMILES string of the molecule is NCc1cn(Cc2ncon2)nn1. The quantitative estimate of drug-likeness (QED) is 0.662. The minimum Gasteiger partial charge on any atom is -0.343 e. The van der Waals surface area contributed by atoms with Crippen molar-refractivity contribution in [1.29, 1.82) is 0 Å². The van der Waals surface area contributed by atoms with Crippen LogP contribution in [0.4, 0.5) is 0 Å². The van der Waals surface area contributed by atoms with Gasteiger partial charge in [-0.25, -0.2) is 4.68 Å². The standard InChI is InChI=1S/C6H8N6O/c7-1-5-2-12(11-9-5)3-6-8-4-13-10-6/h2,4H,1,3,7H2. The number of nitrogens with two attached hydrogens (primary N) is 1. The van der Waals surface area contributed by atoms with E-state index in [1.54, 1.807) is 10.9 Å². The van der Waals surface area contributed by atoms with E-state index in [0.29, 0.717) is 18.9 Å². The van der Waals surface area contributed by atoms with Crippen molar-refractivity contribution >= 4 is 0 Å². The topological polar surface area (TPSA) is 95.7 Å². The maximum absolute atomic E-state index is 5.37. The predicted molar refractivity (Wildman–Crippen MR) is 41.3 cm³/mol. The summed E-state index contributed by atoms with van der Waals surface area (Å²) >= 11 is 0. The zero-order valence-corrected chi connectivity index (χ0v) is 6.79.